The molecule has 1 aliphatic carbocycles. The highest BCUT2D eigenvalue weighted by molar-refractivity contribution is 6.30. The number of nitrogens with one attached hydrogen (secondary N) is 1. The number of halogens is 2. The summed E-state index contributed by atoms with van der Waals surface area (Å²) in [5.41, 5.74) is 0.287. The molecule has 1 aromatic carbocycles. The molecule has 1 unspecified atom stereocenters. The minimum Gasteiger partial charge on any atom is -0.365 e. The third-order valence-electron chi connectivity index (χ3n) is 3.85. The molecular formula is C18H19ClFN3O2. The molecule has 0 radical (unpaired) electrons. The first kappa shape index (κ1) is 18.9. The van der Waals surface area contributed by atoms with Crippen molar-refractivity contribution in [2.75, 3.05) is 0 Å². The molecule has 1 atom stereocenters. The number of benzene rings is 1. The second-order valence-corrected chi connectivity index (χ2v) is 5.99. The molecule has 0 bridgehead atoms. The standard InChI is InChI=1S/C17H15ClFN3O2.CH4/c1-2-20-16(15(23)11-5-6-12(18)13(19)9-11)22-8-7-14(10-3-4-10)21-17(22)24;/h2,5-10,16,20H,1,3-4H2;1H4. The smallest absolute Gasteiger partial charge is 0.349 e. The molecule has 0 aliphatic heterocycles. The van der Waals surface area contributed by atoms with Gasteiger partial charge in [-0.05, 0) is 43.3 Å². The number of ketones is 1. The van der Waals surface area contributed by atoms with Crippen molar-refractivity contribution >= 4 is 17.4 Å². The molecule has 1 aromatic heterocycles. The van der Waals surface area contributed by atoms with Crippen LogP contribution < -0.4 is 11.0 Å². The van der Waals surface area contributed by atoms with Gasteiger partial charge in [0.15, 0.2) is 6.17 Å². The largest absolute Gasteiger partial charge is 0.365 e. The van der Waals surface area contributed by atoms with Gasteiger partial charge in [0.05, 0.1) is 10.7 Å². The Hall–Kier alpha value is -2.47. The van der Waals surface area contributed by atoms with Gasteiger partial charge in [-0.3, -0.25) is 9.36 Å². The molecular weight excluding hydrogens is 345 g/mol. The molecule has 3 rings (SSSR count). The van der Waals surface area contributed by atoms with Crippen molar-refractivity contribution in [1.82, 2.24) is 14.9 Å². The molecule has 0 amide bonds. The molecule has 2 aromatic rings. The summed E-state index contributed by atoms with van der Waals surface area (Å²) in [6.07, 6.45) is 3.81. The Morgan fingerprint density at radius 2 is 2.16 bits per heavy atom. The van der Waals surface area contributed by atoms with Gasteiger partial charge < -0.3 is 5.32 Å². The maximum Gasteiger partial charge on any atom is 0.349 e. The van der Waals surface area contributed by atoms with Crippen molar-refractivity contribution in [2.24, 2.45) is 0 Å². The van der Waals surface area contributed by atoms with E-state index < -0.39 is 23.5 Å². The number of hydrogen-bond acceptors (Lipinski definition) is 4. The first-order valence-electron chi connectivity index (χ1n) is 7.46. The second-order valence-electron chi connectivity index (χ2n) is 5.58. The highest BCUT2D eigenvalue weighted by atomic mass is 35.5. The van der Waals surface area contributed by atoms with Crippen LogP contribution in [0.2, 0.25) is 5.02 Å². The summed E-state index contributed by atoms with van der Waals surface area (Å²) in [6, 6.07) is 5.47. The quantitative estimate of drug-likeness (QED) is 0.795. The van der Waals surface area contributed by atoms with Gasteiger partial charge in [-0.25, -0.2) is 9.18 Å². The van der Waals surface area contributed by atoms with Crippen LogP contribution in [0.25, 0.3) is 0 Å². The first-order chi connectivity index (χ1) is 11.5. The zero-order valence-corrected chi connectivity index (χ0v) is 13.5. The summed E-state index contributed by atoms with van der Waals surface area (Å²) in [7, 11) is 0. The predicted molar refractivity (Wildman–Crippen MR) is 95.3 cm³/mol. The van der Waals surface area contributed by atoms with Crippen molar-refractivity contribution in [2.45, 2.75) is 32.4 Å². The van der Waals surface area contributed by atoms with Crippen molar-refractivity contribution in [1.29, 1.82) is 0 Å². The van der Waals surface area contributed by atoms with Gasteiger partial charge in [0.2, 0.25) is 5.78 Å². The lowest BCUT2D eigenvalue weighted by molar-refractivity contribution is 0.0907. The molecule has 0 spiro atoms. The highest BCUT2D eigenvalue weighted by Gasteiger charge is 2.27. The zero-order chi connectivity index (χ0) is 17.3. The maximum absolute atomic E-state index is 13.6. The molecule has 7 heteroatoms. The van der Waals surface area contributed by atoms with Crippen molar-refractivity contribution < 1.29 is 9.18 Å². The Morgan fingerprint density at radius 1 is 1.44 bits per heavy atom. The van der Waals surface area contributed by atoms with Crippen LogP contribution >= 0.6 is 11.6 Å². The molecule has 1 saturated carbocycles. The van der Waals surface area contributed by atoms with Gasteiger partial charge in [0.25, 0.3) is 0 Å². The van der Waals surface area contributed by atoms with Crippen LogP contribution in [0, 0.1) is 5.82 Å². The average molecular weight is 364 g/mol. The summed E-state index contributed by atoms with van der Waals surface area (Å²) in [6.45, 7) is 3.52. The zero-order valence-electron chi connectivity index (χ0n) is 12.7. The summed E-state index contributed by atoms with van der Waals surface area (Å²) in [5, 5.41) is 2.64. The van der Waals surface area contributed by atoms with Crippen LogP contribution in [0.1, 0.15) is 48.4 Å². The Bertz CT molecular complexity index is 862. The lowest BCUT2D eigenvalue weighted by Crippen LogP contribution is -2.38. The van der Waals surface area contributed by atoms with E-state index in [1.807, 2.05) is 0 Å². The number of aromatic nitrogens is 2. The molecule has 132 valence electrons. The minimum absolute atomic E-state index is 0. The SMILES string of the molecule is C.C=CNC(C(=O)c1ccc(Cl)c(F)c1)n1ccc(C2CC2)nc1=O. The van der Waals surface area contributed by atoms with Crippen molar-refractivity contribution in [3.05, 3.63) is 75.8 Å². The molecule has 1 aliphatic rings. The van der Waals surface area contributed by atoms with Gasteiger partial charge in [0, 0.05) is 17.7 Å². The van der Waals surface area contributed by atoms with Gasteiger partial charge in [0.1, 0.15) is 5.82 Å². The van der Waals surface area contributed by atoms with Gasteiger partial charge in [-0.15, -0.1) is 0 Å². The monoisotopic (exact) mass is 363 g/mol. The third-order valence-corrected chi connectivity index (χ3v) is 4.16. The number of nitrogens with zero attached hydrogens (tertiary/aromatic N) is 2. The van der Waals surface area contributed by atoms with E-state index in [0.717, 1.165) is 24.6 Å². The van der Waals surface area contributed by atoms with Crippen LogP contribution in [0.4, 0.5) is 4.39 Å². The number of Topliss-reactive ketones (excluding diaryl/α,β-unsaturated/α-hetero) is 1. The van der Waals surface area contributed by atoms with Gasteiger partial charge >= 0.3 is 5.69 Å². The second kappa shape index (κ2) is 7.61. The molecule has 1 heterocycles. The van der Waals surface area contributed by atoms with E-state index in [9.17, 15) is 14.0 Å². The Labute approximate surface area is 150 Å². The highest BCUT2D eigenvalue weighted by Crippen LogP contribution is 2.38. The lowest BCUT2D eigenvalue weighted by Gasteiger charge is -2.19. The van der Waals surface area contributed by atoms with E-state index in [4.69, 9.17) is 11.6 Å². The van der Waals surface area contributed by atoms with E-state index in [2.05, 4.69) is 16.9 Å². The van der Waals surface area contributed by atoms with Crippen LogP contribution in [0.5, 0.6) is 0 Å². The summed E-state index contributed by atoms with van der Waals surface area (Å²) < 4.78 is 14.8. The number of rotatable bonds is 6. The van der Waals surface area contributed by atoms with Crippen molar-refractivity contribution in [3.8, 4) is 0 Å². The molecule has 25 heavy (non-hydrogen) atoms. The van der Waals surface area contributed by atoms with Crippen LogP contribution in [-0.2, 0) is 0 Å². The van der Waals surface area contributed by atoms with E-state index in [1.54, 1.807) is 6.07 Å². The minimum atomic E-state index is -1.06. The summed E-state index contributed by atoms with van der Waals surface area (Å²) >= 11 is 5.64. The van der Waals surface area contributed by atoms with E-state index >= 15 is 0 Å². The Morgan fingerprint density at radius 3 is 2.72 bits per heavy atom. The maximum atomic E-state index is 13.6. The molecule has 5 nitrogen and oxygen atoms in total. The first-order valence-corrected chi connectivity index (χ1v) is 7.84. The van der Waals surface area contributed by atoms with Crippen LogP contribution in [-0.4, -0.2) is 15.3 Å². The van der Waals surface area contributed by atoms with E-state index in [0.29, 0.717) is 5.92 Å². The van der Waals surface area contributed by atoms with Crippen molar-refractivity contribution in [3.63, 3.8) is 0 Å². The number of carbonyl (C=O) groups is 1. The lowest BCUT2D eigenvalue weighted by atomic mass is 10.1. The Balaban J connectivity index is 0.00000225. The molecule has 0 saturated heterocycles. The predicted octanol–water partition coefficient (Wildman–Crippen LogP) is 3.66. The normalized spacial score (nSPS) is 14.3. The molecule has 1 N–H and O–H groups in total. The average Bonchev–Trinajstić information content (AvgIpc) is 3.40. The van der Waals surface area contributed by atoms with E-state index in [-0.39, 0.29) is 18.0 Å². The fourth-order valence-corrected chi connectivity index (χ4v) is 2.55. The number of carbonyl (C=O) groups excluding carboxylic acids is 1. The fourth-order valence-electron chi connectivity index (χ4n) is 2.43. The topological polar surface area (TPSA) is 64.0 Å². The summed E-state index contributed by atoms with van der Waals surface area (Å²) in [5.74, 6) is -0.859. The third kappa shape index (κ3) is 3.96. The van der Waals surface area contributed by atoms with Gasteiger partial charge in [-0.2, -0.15) is 4.98 Å². The van der Waals surface area contributed by atoms with E-state index in [1.165, 1.54) is 29.1 Å². The Kier molecular flexibility index (Phi) is 5.74. The van der Waals surface area contributed by atoms with Gasteiger partial charge in [-0.1, -0.05) is 25.6 Å². The fraction of sp³-hybridized carbons (Fsp3) is 0.278. The summed E-state index contributed by atoms with van der Waals surface area (Å²) in [4.78, 5) is 29.0. The van der Waals surface area contributed by atoms with Crippen LogP contribution in [0.3, 0.4) is 0 Å². The molecule has 1 fully saturated rings. The number of hydrogen-bond donors (Lipinski definition) is 1. The van der Waals surface area contributed by atoms with Crippen LogP contribution in [0.15, 0.2) is 48.0 Å².